The Kier molecular flexibility index (Phi) is 8.31. The van der Waals surface area contributed by atoms with Gasteiger partial charge in [-0.25, -0.2) is 4.98 Å². The van der Waals surface area contributed by atoms with E-state index in [9.17, 15) is 0 Å². The van der Waals surface area contributed by atoms with Gasteiger partial charge in [-0.15, -0.1) is 54.1 Å². The number of hydrogen-bond acceptors (Lipinski definition) is 5. The molecule has 0 unspecified atom stereocenters. The van der Waals surface area contributed by atoms with E-state index in [1.54, 1.807) is 18.6 Å². The second kappa shape index (κ2) is 12.4. The van der Waals surface area contributed by atoms with Crippen LogP contribution in [-0.2, 0) is 31.9 Å². The zero-order valence-corrected chi connectivity index (χ0v) is 26.5. The first-order chi connectivity index (χ1) is 19.9. The molecule has 0 atom stereocenters. The number of nitrogens with zero attached hydrogens (tertiary/aromatic N) is 4. The fraction of sp³-hybridized carbons (Fsp3) is 0.257. The Morgan fingerprint density at radius 1 is 0.829 bits per heavy atom. The summed E-state index contributed by atoms with van der Waals surface area (Å²) >= 11 is 0. The monoisotopic (exact) mass is 721 g/mol. The molecule has 6 heteroatoms. The van der Waals surface area contributed by atoms with Crippen LogP contribution in [0.3, 0.4) is 0 Å². The average molecular weight is 721 g/mol. The van der Waals surface area contributed by atoms with Crippen molar-refractivity contribution in [3.63, 3.8) is 0 Å². The number of fused-ring (bicyclic) bond motifs is 3. The number of para-hydroxylation sites is 1. The third-order valence-corrected chi connectivity index (χ3v) is 6.14. The zero-order chi connectivity index (χ0) is 30.1. The molecule has 5 nitrogen and oxygen atoms in total. The number of hydrogen-bond donors (Lipinski definition) is 0. The Morgan fingerprint density at radius 2 is 1.61 bits per heavy atom. The number of benzene rings is 3. The van der Waals surface area contributed by atoms with Gasteiger partial charge in [-0.05, 0) is 29.6 Å². The zero-order valence-electron chi connectivity index (χ0n) is 26.1. The standard InChI is InChI=1S/C21H19N2O.C14H15N2.Ir/c1-21(2,3)13-14-11-12-22-20(23-14)17-9-6-8-16-15-7-4-5-10-18(15)24-19(16)17;1-14(2,3)13-9-12(15-10-16-13)11-7-5-4-6-8-11;/h4-8,10-12H,13H2,1-3H3;4-7,9-10H,1-3H3;/q2*-1;/i13D2;;. The van der Waals surface area contributed by atoms with Crippen molar-refractivity contribution in [1.29, 1.82) is 0 Å². The summed E-state index contributed by atoms with van der Waals surface area (Å²) in [6, 6.07) is 29.5. The van der Waals surface area contributed by atoms with Crippen molar-refractivity contribution in [1.82, 2.24) is 19.9 Å². The van der Waals surface area contributed by atoms with Gasteiger partial charge in [0.25, 0.3) is 0 Å². The van der Waals surface area contributed by atoms with Crippen molar-refractivity contribution in [2.24, 2.45) is 5.41 Å². The van der Waals surface area contributed by atoms with Crippen LogP contribution in [0.4, 0.5) is 0 Å². The molecule has 0 aliphatic rings. The predicted molar refractivity (Wildman–Crippen MR) is 162 cm³/mol. The topological polar surface area (TPSA) is 64.7 Å². The second-order valence-electron chi connectivity index (χ2n) is 11.6. The molecule has 0 saturated heterocycles. The minimum absolute atomic E-state index is 0. The van der Waals surface area contributed by atoms with Crippen molar-refractivity contribution in [2.75, 3.05) is 0 Å². The van der Waals surface area contributed by atoms with Gasteiger partial charge in [-0.3, -0.25) is 15.0 Å². The summed E-state index contributed by atoms with van der Waals surface area (Å²) in [7, 11) is 0. The molecule has 3 aromatic carbocycles. The molecule has 0 spiro atoms. The summed E-state index contributed by atoms with van der Waals surface area (Å²) in [5, 5.41) is 2.00. The van der Waals surface area contributed by atoms with Crippen molar-refractivity contribution < 1.29 is 27.3 Å². The summed E-state index contributed by atoms with van der Waals surface area (Å²) < 4.78 is 23.0. The van der Waals surface area contributed by atoms with E-state index in [2.05, 4.69) is 52.8 Å². The van der Waals surface area contributed by atoms with Gasteiger partial charge in [-0.1, -0.05) is 76.8 Å². The third-order valence-electron chi connectivity index (χ3n) is 6.14. The smallest absolute Gasteiger partial charge is 0.120 e. The van der Waals surface area contributed by atoms with Gasteiger partial charge in [-0.2, -0.15) is 0 Å². The number of rotatable bonds is 3. The van der Waals surface area contributed by atoms with Crippen LogP contribution in [0, 0.1) is 17.5 Å². The SMILES string of the molecule is CC(C)(C)c1cc(-c2[c-]cccc2)ncn1.[2H]C([2H])(c1ccnc(-c2[c-]ccc3c2oc2ccccc23)n1)C(C)(C)C.[Ir]. The fourth-order valence-corrected chi connectivity index (χ4v) is 4.26. The minimum Gasteiger partial charge on any atom is -0.501 e. The first-order valence-corrected chi connectivity index (χ1v) is 13.3. The van der Waals surface area contributed by atoms with E-state index in [0.29, 0.717) is 22.7 Å². The van der Waals surface area contributed by atoms with Crippen LogP contribution in [0.5, 0.6) is 0 Å². The van der Waals surface area contributed by atoms with Gasteiger partial charge in [0, 0.05) is 51.2 Å². The average Bonchev–Trinajstić information content (AvgIpc) is 3.36. The quantitative estimate of drug-likeness (QED) is 0.171. The molecule has 0 fully saturated rings. The molecule has 0 aliphatic heterocycles. The Bertz CT molecular complexity index is 1840. The maximum Gasteiger partial charge on any atom is 0.120 e. The maximum atomic E-state index is 8.47. The second-order valence-corrected chi connectivity index (χ2v) is 11.6. The summed E-state index contributed by atoms with van der Waals surface area (Å²) in [6.07, 6.45) is 1.62. The maximum absolute atomic E-state index is 8.47. The molecule has 6 aromatic rings. The summed E-state index contributed by atoms with van der Waals surface area (Å²) in [4.78, 5) is 17.5. The normalized spacial score (nSPS) is 12.6. The van der Waals surface area contributed by atoms with Crippen LogP contribution in [0.2, 0.25) is 0 Å². The molecule has 0 bridgehead atoms. The Labute approximate surface area is 258 Å². The Morgan fingerprint density at radius 3 is 2.34 bits per heavy atom. The first-order valence-electron chi connectivity index (χ1n) is 14.3. The van der Waals surface area contributed by atoms with Gasteiger partial charge in [0.1, 0.15) is 11.9 Å². The van der Waals surface area contributed by atoms with Gasteiger partial charge in [0.15, 0.2) is 0 Å². The molecule has 0 saturated carbocycles. The summed E-state index contributed by atoms with van der Waals surface area (Å²) in [5.74, 6) is 0.417. The van der Waals surface area contributed by atoms with E-state index >= 15 is 0 Å². The van der Waals surface area contributed by atoms with Crippen LogP contribution in [0.1, 0.15) is 55.7 Å². The molecule has 211 valence electrons. The van der Waals surface area contributed by atoms with Gasteiger partial charge in [0.05, 0.1) is 11.4 Å². The van der Waals surface area contributed by atoms with Crippen molar-refractivity contribution in [3.8, 4) is 22.6 Å². The summed E-state index contributed by atoms with van der Waals surface area (Å²) in [6.45, 7) is 12.0. The molecular formula is C35H34IrN4O-2. The van der Waals surface area contributed by atoms with Crippen LogP contribution >= 0.6 is 0 Å². The van der Waals surface area contributed by atoms with Crippen LogP contribution in [0.25, 0.3) is 44.6 Å². The first kappa shape index (κ1) is 27.4. The van der Waals surface area contributed by atoms with E-state index in [1.807, 2.05) is 87.5 Å². The number of aromatic nitrogens is 4. The van der Waals surface area contributed by atoms with Gasteiger partial charge in [0.2, 0.25) is 0 Å². The molecule has 1 radical (unpaired) electrons. The molecule has 6 rings (SSSR count). The van der Waals surface area contributed by atoms with Crippen LogP contribution in [0.15, 0.2) is 89.7 Å². The molecular weight excluding hydrogens is 685 g/mol. The fourth-order valence-electron chi connectivity index (χ4n) is 4.26. The van der Waals surface area contributed by atoms with Gasteiger partial charge >= 0.3 is 0 Å². The van der Waals surface area contributed by atoms with Crippen molar-refractivity contribution >= 4 is 21.9 Å². The van der Waals surface area contributed by atoms with Crippen LogP contribution < -0.4 is 0 Å². The van der Waals surface area contributed by atoms with E-state index < -0.39 is 11.8 Å². The van der Waals surface area contributed by atoms with Crippen molar-refractivity contribution in [3.05, 3.63) is 109 Å². The largest absolute Gasteiger partial charge is 0.501 e. The van der Waals surface area contributed by atoms with Gasteiger partial charge < -0.3 is 4.42 Å². The minimum atomic E-state index is -1.59. The van der Waals surface area contributed by atoms with E-state index in [1.165, 1.54) is 0 Å². The predicted octanol–water partition coefficient (Wildman–Crippen LogP) is 8.67. The van der Waals surface area contributed by atoms with Crippen LogP contribution in [-0.4, -0.2) is 19.9 Å². The molecule has 0 amide bonds. The number of furan rings is 1. The van der Waals surface area contributed by atoms with E-state index in [0.717, 1.165) is 33.3 Å². The molecule has 3 heterocycles. The third kappa shape index (κ3) is 7.32. The van der Waals surface area contributed by atoms with E-state index in [-0.39, 0.29) is 25.5 Å². The molecule has 0 N–H and O–H groups in total. The molecule has 41 heavy (non-hydrogen) atoms. The molecule has 3 aromatic heterocycles. The van der Waals surface area contributed by atoms with E-state index in [4.69, 9.17) is 7.16 Å². The Balaban J connectivity index is 0.000000215. The van der Waals surface area contributed by atoms with Crippen molar-refractivity contribution in [2.45, 2.75) is 53.3 Å². The summed E-state index contributed by atoms with van der Waals surface area (Å²) in [5.41, 5.74) is 4.92. The Hall–Kier alpha value is -3.73. The molecule has 0 aliphatic carbocycles.